The molecular formula is C25H16ClF6NO3. The molecule has 1 unspecified atom stereocenters. The van der Waals surface area contributed by atoms with Gasteiger partial charge in [0.15, 0.2) is 0 Å². The molecule has 3 aromatic rings. The van der Waals surface area contributed by atoms with E-state index in [-0.39, 0.29) is 24.5 Å². The van der Waals surface area contributed by atoms with E-state index in [1.165, 1.54) is 17.0 Å². The molecule has 1 aliphatic heterocycles. The minimum Gasteiger partial charge on any atom is -0.419 e. The van der Waals surface area contributed by atoms with Crippen molar-refractivity contribution >= 4 is 23.5 Å². The van der Waals surface area contributed by atoms with Gasteiger partial charge in [0.2, 0.25) is 40.7 Å². The van der Waals surface area contributed by atoms with E-state index in [4.69, 9.17) is 16.3 Å². The van der Waals surface area contributed by atoms with Crippen LogP contribution in [0, 0.1) is 40.3 Å². The summed E-state index contributed by atoms with van der Waals surface area (Å²) < 4.78 is 87.7. The largest absolute Gasteiger partial charge is 0.419 e. The Morgan fingerprint density at radius 2 is 1.50 bits per heavy atom. The smallest absolute Gasteiger partial charge is 0.320 e. The Bertz CT molecular complexity index is 1320. The third-order valence-electron chi connectivity index (χ3n) is 5.88. The molecule has 1 atom stereocenters. The Hall–Kier alpha value is -3.53. The summed E-state index contributed by atoms with van der Waals surface area (Å²) in [7, 11) is 0. The maximum Gasteiger partial charge on any atom is 0.320 e. The lowest BCUT2D eigenvalue weighted by Crippen LogP contribution is -2.40. The van der Waals surface area contributed by atoms with Gasteiger partial charge in [-0.2, -0.15) is 8.78 Å². The molecular weight excluding hydrogens is 512 g/mol. The minimum absolute atomic E-state index is 0.126. The van der Waals surface area contributed by atoms with E-state index in [0.29, 0.717) is 11.1 Å². The van der Waals surface area contributed by atoms with E-state index in [0.717, 1.165) is 6.07 Å². The number of ether oxygens (including phenoxy) is 1. The van der Waals surface area contributed by atoms with E-state index in [1.54, 1.807) is 30.3 Å². The zero-order valence-corrected chi connectivity index (χ0v) is 19.0. The topological polar surface area (TPSA) is 46.6 Å². The predicted octanol–water partition coefficient (Wildman–Crippen LogP) is 5.74. The molecule has 188 valence electrons. The summed E-state index contributed by atoms with van der Waals surface area (Å²) in [5.74, 6) is -16.0. The van der Waals surface area contributed by atoms with E-state index in [2.05, 4.69) is 0 Å². The van der Waals surface area contributed by atoms with Gasteiger partial charge in [-0.25, -0.2) is 17.6 Å². The second kappa shape index (κ2) is 9.85. The average molecular weight is 528 g/mol. The normalized spacial score (nSPS) is 17.5. The summed E-state index contributed by atoms with van der Waals surface area (Å²) in [6.07, 6.45) is -0.620. The van der Waals surface area contributed by atoms with Gasteiger partial charge in [0, 0.05) is 19.5 Å². The zero-order chi connectivity index (χ0) is 26.2. The van der Waals surface area contributed by atoms with Gasteiger partial charge in [-0.3, -0.25) is 9.59 Å². The van der Waals surface area contributed by atoms with Crippen LogP contribution in [0.25, 0.3) is 0 Å². The van der Waals surface area contributed by atoms with Crippen molar-refractivity contribution in [2.75, 3.05) is 6.54 Å². The number of hydrogen-bond acceptors (Lipinski definition) is 3. The van der Waals surface area contributed by atoms with Crippen LogP contribution in [0.15, 0.2) is 48.5 Å². The summed E-state index contributed by atoms with van der Waals surface area (Å²) >= 11 is 5.68. The number of carbonyl (C=O) groups is 2. The maximum absolute atomic E-state index is 14.2. The molecule has 1 amide bonds. The van der Waals surface area contributed by atoms with Crippen LogP contribution in [0.5, 0.6) is 5.75 Å². The number of rotatable bonds is 6. The number of hydrogen-bond donors (Lipinski definition) is 0. The molecule has 4 rings (SSSR count). The predicted molar refractivity (Wildman–Crippen MR) is 116 cm³/mol. The lowest BCUT2D eigenvalue weighted by Gasteiger charge is -2.27. The molecule has 1 aliphatic rings. The first-order chi connectivity index (χ1) is 17.0. The maximum atomic E-state index is 14.2. The van der Waals surface area contributed by atoms with Crippen molar-refractivity contribution in [1.82, 2.24) is 4.90 Å². The molecule has 1 fully saturated rings. The van der Waals surface area contributed by atoms with Crippen LogP contribution < -0.4 is 4.74 Å². The van der Waals surface area contributed by atoms with Gasteiger partial charge in [-0.05, 0) is 29.7 Å². The molecule has 4 nitrogen and oxygen atoms in total. The van der Waals surface area contributed by atoms with Gasteiger partial charge in [0.05, 0.1) is 10.4 Å². The number of carbonyl (C=O) groups excluding carboxylic acids is 2. The molecule has 0 saturated carbocycles. The first kappa shape index (κ1) is 25.6. The molecule has 36 heavy (non-hydrogen) atoms. The number of esters is 1. The lowest BCUT2D eigenvalue weighted by molar-refractivity contribution is -0.146. The van der Waals surface area contributed by atoms with E-state index in [9.17, 15) is 35.9 Å². The van der Waals surface area contributed by atoms with Gasteiger partial charge in [-0.15, -0.1) is 0 Å². The second-order valence-electron chi connectivity index (χ2n) is 8.41. The number of nitrogens with zero attached hydrogens (tertiary/aromatic N) is 1. The highest BCUT2D eigenvalue weighted by Crippen LogP contribution is 2.39. The van der Waals surface area contributed by atoms with E-state index < -0.39 is 64.4 Å². The first-order valence-electron chi connectivity index (χ1n) is 10.5. The van der Waals surface area contributed by atoms with Crippen LogP contribution in [0.3, 0.4) is 0 Å². The van der Waals surface area contributed by atoms with Crippen molar-refractivity contribution in [2.24, 2.45) is 5.41 Å². The van der Waals surface area contributed by atoms with Crippen LogP contribution >= 0.6 is 11.6 Å². The fourth-order valence-corrected chi connectivity index (χ4v) is 4.22. The fraction of sp³-hybridized carbons (Fsp3) is 0.200. The Morgan fingerprint density at radius 3 is 2.11 bits per heavy atom. The van der Waals surface area contributed by atoms with Gasteiger partial charge < -0.3 is 9.64 Å². The average Bonchev–Trinajstić information content (AvgIpc) is 3.17. The molecule has 0 radical (unpaired) electrons. The number of halogens is 7. The molecule has 1 saturated heterocycles. The molecule has 0 bridgehead atoms. The standard InChI is InChI=1S/C25H16ClF6NO3/c26-15-7-6-14(8-16(15)27)11-33-12-25(10-17(33)34,9-13-4-2-1-3-5-13)24(35)36-23-21(31)19(29)18(28)20(30)22(23)32/h1-8H,9-12H2. The molecule has 0 N–H and O–H groups in total. The third-order valence-corrected chi connectivity index (χ3v) is 6.18. The van der Waals surface area contributed by atoms with Crippen molar-refractivity contribution in [1.29, 1.82) is 0 Å². The van der Waals surface area contributed by atoms with E-state index in [1.807, 2.05) is 0 Å². The lowest BCUT2D eigenvalue weighted by atomic mass is 9.80. The molecule has 0 aliphatic carbocycles. The van der Waals surface area contributed by atoms with E-state index >= 15 is 0 Å². The highest BCUT2D eigenvalue weighted by atomic mass is 35.5. The van der Waals surface area contributed by atoms with Gasteiger partial charge in [-0.1, -0.05) is 48.0 Å². The Balaban J connectivity index is 1.68. The molecule has 11 heteroatoms. The van der Waals surface area contributed by atoms with Crippen molar-refractivity contribution < 1.29 is 40.7 Å². The zero-order valence-electron chi connectivity index (χ0n) is 18.3. The highest BCUT2D eigenvalue weighted by molar-refractivity contribution is 6.30. The first-order valence-corrected chi connectivity index (χ1v) is 10.9. The quantitative estimate of drug-likeness (QED) is 0.135. The Kier molecular flexibility index (Phi) is 6.99. The minimum atomic E-state index is -2.40. The van der Waals surface area contributed by atoms with Gasteiger partial charge in [0.1, 0.15) is 5.82 Å². The van der Waals surface area contributed by atoms with Crippen molar-refractivity contribution in [3.05, 3.63) is 99.6 Å². The van der Waals surface area contributed by atoms with Gasteiger partial charge >= 0.3 is 5.97 Å². The number of amides is 1. The summed E-state index contributed by atoms with van der Waals surface area (Å²) in [6, 6.07) is 12.2. The summed E-state index contributed by atoms with van der Waals surface area (Å²) in [6.45, 7) is -0.446. The second-order valence-corrected chi connectivity index (χ2v) is 8.81. The van der Waals surface area contributed by atoms with Crippen LogP contribution in [0.1, 0.15) is 17.5 Å². The van der Waals surface area contributed by atoms with Crippen molar-refractivity contribution in [3.8, 4) is 5.75 Å². The van der Waals surface area contributed by atoms with Crippen LogP contribution in [0.4, 0.5) is 26.3 Å². The Labute approximate surface area is 206 Å². The SMILES string of the molecule is O=C1CC(Cc2ccccc2)(C(=O)Oc2c(F)c(F)c(F)c(F)c2F)CN1Cc1ccc(Cl)c(F)c1. The summed E-state index contributed by atoms with van der Waals surface area (Å²) in [5, 5.41) is -0.128. The molecule has 0 aromatic heterocycles. The Morgan fingerprint density at radius 1 is 0.889 bits per heavy atom. The molecule has 0 spiro atoms. The molecule has 3 aromatic carbocycles. The van der Waals surface area contributed by atoms with Crippen LogP contribution in [-0.4, -0.2) is 23.3 Å². The molecule has 1 heterocycles. The summed E-state index contributed by atoms with van der Waals surface area (Å²) in [5.41, 5.74) is -0.822. The monoisotopic (exact) mass is 527 g/mol. The fourth-order valence-electron chi connectivity index (χ4n) is 4.10. The number of likely N-dealkylation sites (tertiary alicyclic amines) is 1. The van der Waals surface area contributed by atoms with Crippen molar-refractivity contribution in [2.45, 2.75) is 19.4 Å². The van der Waals surface area contributed by atoms with Crippen molar-refractivity contribution in [3.63, 3.8) is 0 Å². The van der Waals surface area contributed by atoms with Gasteiger partial charge in [0.25, 0.3) is 0 Å². The number of benzene rings is 3. The van der Waals surface area contributed by atoms with Crippen LogP contribution in [-0.2, 0) is 22.6 Å². The highest BCUT2D eigenvalue weighted by Gasteiger charge is 2.51. The van der Waals surface area contributed by atoms with Crippen LogP contribution in [0.2, 0.25) is 5.02 Å². The summed E-state index contributed by atoms with van der Waals surface area (Å²) in [4.78, 5) is 27.3. The third kappa shape index (κ3) is 4.77.